The number of thioether (sulfide) groups is 1. The van der Waals surface area contributed by atoms with Crippen molar-refractivity contribution in [2.24, 2.45) is 4.99 Å². The third kappa shape index (κ3) is 5.23. The molecule has 2 aromatic heterocycles. The summed E-state index contributed by atoms with van der Waals surface area (Å²) in [7, 11) is 0. The molecule has 35 heavy (non-hydrogen) atoms. The van der Waals surface area contributed by atoms with Crippen LogP contribution in [0.15, 0.2) is 87.5 Å². The first-order valence-electron chi connectivity index (χ1n) is 10.9. The van der Waals surface area contributed by atoms with E-state index < -0.39 is 0 Å². The predicted octanol–water partition coefficient (Wildman–Crippen LogP) is 7.91. The molecule has 0 saturated heterocycles. The highest BCUT2D eigenvalue weighted by Gasteiger charge is 2.21. The summed E-state index contributed by atoms with van der Waals surface area (Å²) in [5.41, 5.74) is 3.44. The van der Waals surface area contributed by atoms with E-state index >= 15 is 0 Å². The number of aromatic nitrogens is 3. The maximum Gasteiger partial charge on any atom is 0.282 e. The van der Waals surface area contributed by atoms with Gasteiger partial charge in [-0.2, -0.15) is 4.68 Å². The van der Waals surface area contributed by atoms with Gasteiger partial charge >= 0.3 is 0 Å². The predicted molar refractivity (Wildman–Crippen MR) is 149 cm³/mol. The molecule has 3 aromatic carbocycles. The number of nitrogens with zero attached hydrogens (tertiary/aromatic N) is 3. The number of fused-ring (bicyclic) bond motifs is 1. The first-order chi connectivity index (χ1) is 17.0. The maximum absolute atomic E-state index is 13.7. The number of hydrogen-bond donors (Lipinski definition) is 1. The standard InChI is InChI=1S/C26H20Cl2N4OS2/c1-2-20(29-18-7-5-6-17(28)14-18)24-22(15-34-19-12-10-16(27)11-13-19)31-32(25(24)33)26-30-21-8-3-4-9-23(21)35-26/h3-14,31H,2,15H2,1H3. The van der Waals surface area contributed by atoms with E-state index in [4.69, 9.17) is 28.2 Å². The molecule has 1 N–H and O–H groups in total. The lowest BCUT2D eigenvalue weighted by Crippen LogP contribution is -2.20. The molecule has 0 aliphatic heterocycles. The second-order valence-electron chi connectivity index (χ2n) is 7.70. The lowest BCUT2D eigenvalue weighted by molar-refractivity contribution is 0.827. The Bertz CT molecular complexity index is 1550. The Balaban J connectivity index is 1.61. The van der Waals surface area contributed by atoms with Crippen molar-refractivity contribution in [1.29, 1.82) is 0 Å². The molecule has 0 saturated carbocycles. The van der Waals surface area contributed by atoms with Crippen LogP contribution < -0.4 is 5.56 Å². The van der Waals surface area contributed by atoms with Crippen LogP contribution in [0.25, 0.3) is 15.3 Å². The van der Waals surface area contributed by atoms with E-state index in [1.54, 1.807) is 23.9 Å². The second-order valence-corrected chi connectivity index (χ2v) is 10.6. The molecule has 5 rings (SSSR count). The van der Waals surface area contributed by atoms with Crippen LogP contribution in [0.5, 0.6) is 0 Å². The molecule has 5 aromatic rings. The third-order valence-corrected chi connectivity index (χ3v) is 7.88. The number of nitrogens with one attached hydrogen (secondary N) is 1. The monoisotopic (exact) mass is 538 g/mol. The average molecular weight is 540 g/mol. The van der Waals surface area contributed by atoms with E-state index in [0.717, 1.165) is 20.8 Å². The molecule has 0 radical (unpaired) electrons. The van der Waals surface area contributed by atoms with Gasteiger partial charge in [-0.25, -0.2) is 4.98 Å². The second kappa shape index (κ2) is 10.4. The zero-order chi connectivity index (χ0) is 24.4. The minimum atomic E-state index is -0.168. The number of H-pyrrole nitrogens is 1. The van der Waals surface area contributed by atoms with E-state index in [9.17, 15) is 4.79 Å². The first-order valence-corrected chi connectivity index (χ1v) is 13.5. The van der Waals surface area contributed by atoms with Crippen LogP contribution in [0.3, 0.4) is 0 Å². The van der Waals surface area contributed by atoms with E-state index in [0.29, 0.717) is 44.3 Å². The highest BCUT2D eigenvalue weighted by Crippen LogP contribution is 2.28. The SMILES string of the molecule is CCC(=Nc1cccc(Cl)c1)c1c(CSc2ccc(Cl)cc2)[nH]n(-c2nc3ccccc3s2)c1=O. The molecule has 0 aliphatic rings. The van der Waals surface area contributed by atoms with Crippen LogP contribution in [0.2, 0.25) is 10.0 Å². The fourth-order valence-corrected chi connectivity index (χ4v) is 5.76. The van der Waals surface area contributed by atoms with E-state index in [2.05, 4.69) is 10.1 Å². The third-order valence-electron chi connectivity index (χ3n) is 5.33. The summed E-state index contributed by atoms with van der Waals surface area (Å²) in [6, 6.07) is 22.8. The normalized spacial score (nSPS) is 11.9. The fourth-order valence-electron chi connectivity index (χ4n) is 3.67. The van der Waals surface area contributed by atoms with Crippen molar-refractivity contribution >= 4 is 67.9 Å². The summed E-state index contributed by atoms with van der Waals surface area (Å²) in [4.78, 5) is 24.3. The van der Waals surface area contributed by atoms with Gasteiger partial charge in [0.15, 0.2) is 0 Å². The minimum Gasteiger partial charge on any atom is -0.291 e. The molecule has 0 unspecified atom stereocenters. The van der Waals surface area contributed by atoms with Gasteiger partial charge in [0.25, 0.3) is 5.56 Å². The largest absolute Gasteiger partial charge is 0.291 e. The average Bonchev–Trinajstić information content (AvgIpc) is 3.43. The van der Waals surface area contributed by atoms with Gasteiger partial charge in [0.2, 0.25) is 5.13 Å². The van der Waals surface area contributed by atoms with Gasteiger partial charge in [0.1, 0.15) is 0 Å². The number of benzene rings is 3. The van der Waals surface area contributed by atoms with Crippen LogP contribution >= 0.6 is 46.3 Å². The van der Waals surface area contributed by atoms with Crippen LogP contribution in [0.4, 0.5) is 5.69 Å². The number of para-hydroxylation sites is 1. The molecular weight excluding hydrogens is 519 g/mol. The molecule has 2 heterocycles. The van der Waals surface area contributed by atoms with Crippen molar-refractivity contribution in [2.45, 2.75) is 24.0 Å². The van der Waals surface area contributed by atoms with Crippen molar-refractivity contribution in [2.75, 3.05) is 0 Å². The highest BCUT2D eigenvalue weighted by molar-refractivity contribution is 7.98. The molecule has 0 fully saturated rings. The molecule has 5 nitrogen and oxygen atoms in total. The van der Waals surface area contributed by atoms with Crippen molar-refractivity contribution in [3.63, 3.8) is 0 Å². The van der Waals surface area contributed by atoms with Crippen LogP contribution in [-0.2, 0) is 5.75 Å². The number of thiazole rings is 1. The number of aliphatic imine (C=N–C) groups is 1. The van der Waals surface area contributed by atoms with Gasteiger partial charge in [-0.05, 0) is 61.0 Å². The van der Waals surface area contributed by atoms with Gasteiger partial charge in [-0.15, -0.1) is 11.8 Å². The van der Waals surface area contributed by atoms with Crippen LogP contribution in [0.1, 0.15) is 24.6 Å². The molecule has 176 valence electrons. The maximum atomic E-state index is 13.7. The van der Waals surface area contributed by atoms with Crippen LogP contribution in [-0.4, -0.2) is 20.5 Å². The molecule has 9 heteroatoms. The zero-order valence-electron chi connectivity index (χ0n) is 18.7. The van der Waals surface area contributed by atoms with E-state index in [1.165, 1.54) is 16.0 Å². The van der Waals surface area contributed by atoms with E-state index in [-0.39, 0.29) is 5.56 Å². The number of rotatable bonds is 7. The van der Waals surface area contributed by atoms with Crippen LogP contribution in [0, 0.1) is 0 Å². The highest BCUT2D eigenvalue weighted by atomic mass is 35.5. The minimum absolute atomic E-state index is 0.168. The Morgan fingerprint density at radius 3 is 2.60 bits per heavy atom. The molecule has 0 amide bonds. The summed E-state index contributed by atoms with van der Waals surface area (Å²) in [6.45, 7) is 1.99. The van der Waals surface area contributed by atoms with Crippen molar-refractivity contribution in [3.8, 4) is 5.13 Å². The quantitative estimate of drug-likeness (QED) is 0.169. The van der Waals surface area contributed by atoms with Gasteiger partial charge < -0.3 is 0 Å². The molecule has 0 spiro atoms. The Morgan fingerprint density at radius 2 is 1.86 bits per heavy atom. The van der Waals surface area contributed by atoms with Crippen molar-refractivity contribution in [3.05, 3.63) is 104 Å². The first kappa shape index (κ1) is 23.9. The Labute approximate surface area is 220 Å². The van der Waals surface area contributed by atoms with Crippen molar-refractivity contribution < 1.29 is 0 Å². The van der Waals surface area contributed by atoms with Gasteiger partial charge in [-0.3, -0.25) is 14.9 Å². The summed E-state index contributed by atoms with van der Waals surface area (Å²) in [5.74, 6) is 0.554. The number of halogens is 2. The number of aromatic amines is 1. The smallest absolute Gasteiger partial charge is 0.282 e. The zero-order valence-corrected chi connectivity index (χ0v) is 21.8. The number of hydrogen-bond acceptors (Lipinski definition) is 5. The molecule has 0 atom stereocenters. The summed E-state index contributed by atoms with van der Waals surface area (Å²) >= 11 is 15.3. The fraction of sp³-hybridized carbons (Fsp3) is 0.115. The summed E-state index contributed by atoms with van der Waals surface area (Å²) in [5, 5.41) is 5.20. The Kier molecular flexibility index (Phi) is 7.11. The van der Waals surface area contributed by atoms with E-state index in [1.807, 2.05) is 67.6 Å². The van der Waals surface area contributed by atoms with Crippen molar-refractivity contribution in [1.82, 2.24) is 14.8 Å². The topological polar surface area (TPSA) is 63.0 Å². The Hall–Kier alpha value is -2.84. The summed E-state index contributed by atoms with van der Waals surface area (Å²) < 4.78 is 2.55. The molecule has 0 bridgehead atoms. The van der Waals surface area contributed by atoms with Gasteiger partial charge in [0, 0.05) is 20.7 Å². The summed E-state index contributed by atoms with van der Waals surface area (Å²) in [6.07, 6.45) is 0.581. The molecule has 0 aliphatic carbocycles. The van der Waals surface area contributed by atoms with Gasteiger partial charge in [-0.1, -0.05) is 59.7 Å². The Morgan fingerprint density at radius 1 is 1.06 bits per heavy atom. The van der Waals surface area contributed by atoms with Gasteiger partial charge in [0.05, 0.1) is 32.9 Å². The lowest BCUT2D eigenvalue weighted by atomic mass is 10.1. The molecular formula is C26H20Cl2N4OS2. The lowest BCUT2D eigenvalue weighted by Gasteiger charge is -2.06.